The number of anilines is 1. The van der Waals surface area contributed by atoms with E-state index in [1.54, 1.807) is 56.9 Å². The number of carbonyl (C=O) groups excluding carboxylic acids is 3. The average molecular weight is 376 g/mol. The monoisotopic (exact) mass is 376 g/mol. The lowest BCUT2D eigenvalue weighted by atomic mass is 9.97. The summed E-state index contributed by atoms with van der Waals surface area (Å²) >= 11 is 0. The maximum atomic E-state index is 12.8. The normalized spacial score (nSPS) is 17.2. The van der Waals surface area contributed by atoms with Crippen LogP contribution in [0, 0.1) is 5.92 Å². The number of amides is 2. The molecule has 7 heteroatoms. The highest BCUT2D eigenvalue weighted by Gasteiger charge is 2.30. The molecule has 0 aromatic heterocycles. The molecule has 1 heterocycles. The smallest absolute Gasteiger partial charge is 0.412 e. The minimum Gasteiger partial charge on any atom is -0.466 e. The van der Waals surface area contributed by atoms with Gasteiger partial charge in [-0.2, -0.15) is 0 Å². The molecule has 2 amide bonds. The lowest BCUT2D eigenvalue weighted by Crippen LogP contribution is -2.42. The van der Waals surface area contributed by atoms with Crippen molar-refractivity contribution in [1.29, 1.82) is 0 Å². The van der Waals surface area contributed by atoms with Crippen LogP contribution in [0.1, 0.15) is 50.9 Å². The summed E-state index contributed by atoms with van der Waals surface area (Å²) in [6.07, 6.45) is 0.904. The van der Waals surface area contributed by atoms with Gasteiger partial charge in [0.15, 0.2) is 0 Å². The molecule has 0 spiro atoms. The number of piperidine rings is 1. The Labute approximate surface area is 160 Å². The molecular formula is C20H28N2O5. The minimum absolute atomic E-state index is 0.170. The molecule has 1 aliphatic rings. The zero-order valence-corrected chi connectivity index (χ0v) is 16.4. The first-order valence-electron chi connectivity index (χ1n) is 9.25. The van der Waals surface area contributed by atoms with E-state index in [1.807, 2.05) is 0 Å². The molecule has 7 nitrogen and oxygen atoms in total. The topological polar surface area (TPSA) is 84.9 Å². The van der Waals surface area contributed by atoms with E-state index in [0.29, 0.717) is 30.9 Å². The van der Waals surface area contributed by atoms with Gasteiger partial charge in [0, 0.05) is 24.3 Å². The molecule has 148 valence electrons. The number of ether oxygens (including phenoxy) is 2. The number of likely N-dealkylation sites (tertiary alicyclic amines) is 1. The Morgan fingerprint density at radius 1 is 1.26 bits per heavy atom. The van der Waals surface area contributed by atoms with Crippen molar-refractivity contribution in [2.24, 2.45) is 5.92 Å². The number of esters is 1. The highest BCUT2D eigenvalue weighted by atomic mass is 16.6. The zero-order valence-electron chi connectivity index (χ0n) is 16.4. The molecule has 1 atom stereocenters. The summed E-state index contributed by atoms with van der Waals surface area (Å²) in [5, 5.41) is 2.63. The van der Waals surface area contributed by atoms with Gasteiger partial charge in [-0.15, -0.1) is 0 Å². The van der Waals surface area contributed by atoms with Crippen molar-refractivity contribution in [3.63, 3.8) is 0 Å². The van der Waals surface area contributed by atoms with Gasteiger partial charge in [-0.1, -0.05) is 6.07 Å². The molecule has 1 fully saturated rings. The number of hydrogen-bond acceptors (Lipinski definition) is 5. The lowest BCUT2D eigenvalue weighted by Gasteiger charge is -2.31. The summed E-state index contributed by atoms with van der Waals surface area (Å²) in [4.78, 5) is 38.4. The summed E-state index contributed by atoms with van der Waals surface area (Å²) in [7, 11) is 0. The number of carbonyl (C=O) groups is 3. The molecule has 0 aliphatic carbocycles. The minimum atomic E-state index is -0.604. The van der Waals surface area contributed by atoms with Gasteiger partial charge in [0.25, 0.3) is 5.91 Å². The van der Waals surface area contributed by atoms with Gasteiger partial charge >= 0.3 is 12.1 Å². The second kappa shape index (κ2) is 8.88. The number of rotatable bonds is 4. The van der Waals surface area contributed by atoms with Crippen molar-refractivity contribution in [3.05, 3.63) is 29.8 Å². The molecule has 27 heavy (non-hydrogen) atoms. The Morgan fingerprint density at radius 2 is 2.00 bits per heavy atom. The SMILES string of the molecule is CCOC(=O)C1CCCN(C(=O)c2cccc(NC(=O)OC(C)(C)C)c2)C1. The van der Waals surface area contributed by atoms with Crippen LogP contribution in [0.15, 0.2) is 24.3 Å². The standard InChI is InChI=1S/C20H28N2O5/c1-5-26-18(24)15-9-7-11-22(13-15)17(23)14-8-6-10-16(12-14)21-19(25)27-20(2,3)4/h6,8,10,12,15H,5,7,9,11,13H2,1-4H3,(H,21,25). The molecule has 1 N–H and O–H groups in total. The number of nitrogens with one attached hydrogen (secondary N) is 1. The van der Waals surface area contributed by atoms with Gasteiger partial charge in [-0.05, 0) is 58.7 Å². The third kappa shape index (κ3) is 6.27. The van der Waals surface area contributed by atoms with Crippen LogP contribution in [0.25, 0.3) is 0 Å². The first kappa shape index (κ1) is 20.7. The van der Waals surface area contributed by atoms with Crippen molar-refractivity contribution < 1.29 is 23.9 Å². The van der Waals surface area contributed by atoms with E-state index < -0.39 is 11.7 Å². The largest absolute Gasteiger partial charge is 0.466 e. The van der Waals surface area contributed by atoms with Crippen LogP contribution in [0.4, 0.5) is 10.5 Å². The van der Waals surface area contributed by atoms with Gasteiger partial charge in [-0.25, -0.2) is 4.79 Å². The van der Waals surface area contributed by atoms with Crippen molar-refractivity contribution >= 4 is 23.7 Å². The van der Waals surface area contributed by atoms with Gasteiger partial charge in [0.2, 0.25) is 0 Å². The Morgan fingerprint density at radius 3 is 2.67 bits per heavy atom. The predicted molar refractivity (Wildman–Crippen MR) is 102 cm³/mol. The average Bonchev–Trinajstić information content (AvgIpc) is 2.60. The van der Waals surface area contributed by atoms with E-state index in [9.17, 15) is 14.4 Å². The highest BCUT2D eigenvalue weighted by Crippen LogP contribution is 2.21. The van der Waals surface area contributed by atoms with Crippen LogP contribution in [0.3, 0.4) is 0 Å². The number of nitrogens with zero attached hydrogens (tertiary/aromatic N) is 1. The highest BCUT2D eigenvalue weighted by molar-refractivity contribution is 5.96. The Balaban J connectivity index is 2.04. The van der Waals surface area contributed by atoms with E-state index >= 15 is 0 Å². The molecule has 1 saturated heterocycles. The van der Waals surface area contributed by atoms with Crippen LogP contribution < -0.4 is 5.32 Å². The first-order chi connectivity index (χ1) is 12.7. The third-order valence-corrected chi connectivity index (χ3v) is 4.08. The fourth-order valence-electron chi connectivity index (χ4n) is 2.95. The first-order valence-corrected chi connectivity index (χ1v) is 9.25. The maximum Gasteiger partial charge on any atom is 0.412 e. The summed E-state index contributed by atoms with van der Waals surface area (Å²) in [6, 6.07) is 6.70. The predicted octanol–water partition coefficient (Wildman–Crippen LogP) is 3.45. The van der Waals surface area contributed by atoms with Crippen LogP contribution in [0.2, 0.25) is 0 Å². The van der Waals surface area contributed by atoms with E-state index in [-0.39, 0.29) is 17.8 Å². The molecule has 1 aromatic carbocycles. The lowest BCUT2D eigenvalue weighted by molar-refractivity contribution is -0.149. The van der Waals surface area contributed by atoms with E-state index in [2.05, 4.69) is 5.32 Å². The van der Waals surface area contributed by atoms with Gasteiger partial charge in [0.1, 0.15) is 5.60 Å². The van der Waals surface area contributed by atoms with Crippen molar-refractivity contribution in [2.45, 2.75) is 46.1 Å². The van der Waals surface area contributed by atoms with Gasteiger partial charge in [-0.3, -0.25) is 14.9 Å². The summed E-state index contributed by atoms with van der Waals surface area (Å²) in [5.41, 5.74) is 0.329. The number of hydrogen-bond donors (Lipinski definition) is 1. The summed E-state index contributed by atoms with van der Waals surface area (Å²) < 4.78 is 10.3. The van der Waals surface area contributed by atoms with Crippen LogP contribution in [0.5, 0.6) is 0 Å². The van der Waals surface area contributed by atoms with E-state index in [0.717, 1.165) is 12.8 Å². The van der Waals surface area contributed by atoms with Crippen LogP contribution >= 0.6 is 0 Å². The second-order valence-corrected chi connectivity index (χ2v) is 7.55. The molecule has 0 bridgehead atoms. The summed E-state index contributed by atoms with van der Waals surface area (Å²) in [5.74, 6) is -0.710. The van der Waals surface area contributed by atoms with Crippen molar-refractivity contribution in [2.75, 3.05) is 25.0 Å². The van der Waals surface area contributed by atoms with Gasteiger partial charge in [0.05, 0.1) is 12.5 Å². The zero-order chi connectivity index (χ0) is 20.0. The van der Waals surface area contributed by atoms with Crippen molar-refractivity contribution in [3.8, 4) is 0 Å². The molecule has 1 unspecified atom stereocenters. The fourth-order valence-corrected chi connectivity index (χ4v) is 2.95. The number of benzene rings is 1. The quantitative estimate of drug-likeness (QED) is 0.814. The second-order valence-electron chi connectivity index (χ2n) is 7.55. The fraction of sp³-hybridized carbons (Fsp3) is 0.550. The van der Waals surface area contributed by atoms with Crippen LogP contribution in [-0.2, 0) is 14.3 Å². The molecule has 1 aromatic rings. The molecule has 0 radical (unpaired) electrons. The van der Waals surface area contributed by atoms with E-state index in [4.69, 9.17) is 9.47 Å². The van der Waals surface area contributed by atoms with E-state index in [1.165, 1.54) is 0 Å². The molecule has 0 saturated carbocycles. The molecule has 1 aliphatic heterocycles. The maximum absolute atomic E-state index is 12.8. The molecule has 2 rings (SSSR count). The molecular weight excluding hydrogens is 348 g/mol. The van der Waals surface area contributed by atoms with Crippen LogP contribution in [-0.4, -0.2) is 48.2 Å². The third-order valence-electron chi connectivity index (χ3n) is 4.08. The summed E-state index contributed by atoms with van der Waals surface area (Å²) in [6.45, 7) is 8.39. The van der Waals surface area contributed by atoms with Gasteiger partial charge < -0.3 is 14.4 Å². The Hall–Kier alpha value is -2.57. The Bertz CT molecular complexity index is 696. The Kier molecular flexibility index (Phi) is 6.82. The van der Waals surface area contributed by atoms with Crippen molar-refractivity contribution in [1.82, 2.24) is 4.90 Å².